The quantitative estimate of drug-likeness (QED) is 0.199. The maximum atomic E-state index is 3.80. The van der Waals surface area contributed by atoms with E-state index in [1.165, 1.54) is 32.7 Å². The zero-order valence-corrected chi connectivity index (χ0v) is 25.5. The molecule has 0 fully saturated rings. The molecule has 6 rings (SSSR count). The molecule has 0 aliphatic heterocycles. The number of aromatic nitrogens is 6. The van der Waals surface area contributed by atoms with Crippen LogP contribution in [0, 0.1) is 13.8 Å². The van der Waals surface area contributed by atoms with Gasteiger partial charge in [0.15, 0.2) is 0 Å². The first kappa shape index (κ1) is 29.8. The second-order valence-corrected chi connectivity index (χ2v) is 17.8. The van der Waals surface area contributed by atoms with Crippen LogP contribution in [-0.2, 0) is 23.3 Å². The van der Waals surface area contributed by atoms with Crippen LogP contribution in [-0.4, -0.2) is 35.0 Å². The molecule has 6 nitrogen and oxygen atoms in total. The third-order valence-corrected chi connectivity index (χ3v) is 5.11. The van der Waals surface area contributed by atoms with Crippen LogP contribution >= 0.6 is 0 Å². The minimum Gasteiger partial charge on any atom is -1.00 e. The Balaban J connectivity index is 0.000000211. The van der Waals surface area contributed by atoms with Crippen LogP contribution in [0.25, 0.3) is 32.9 Å². The van der Waals surface area contributed by atoms with Crippen molar-refractivity contribution < 1.29 is 48.1 Å². The number of nitrogens with zero attached hydrogens (tertiary/aromatic N) is 6. The van der Waals surface area contributed by atoms with Crippen LogP contribution in [0.2, 0.25) is 13.1 Å². The molecule has 0 amide bonds. The van der Waals surface area contributed by atoms with Gasteiger partial charge in [0.25, 0.3) is 0 Å². The van der Waals surface area contributed by atoms with Gasteiger partial charge in [0.1, 0.15) is 25.3 Å². The van der Waals surface area contributed by atoms with Gasteiger partial charge in [-0.1, -0.05) is 26.0 Å². The predicted molar refractivity (Wildman–Crippen MR) is 136 cm³/mol. The van der Waals surface area contributed by atoms with E-state index >= 15 is 0 Å². The summed E-state index contributed by atoms with van der Waals surface area (Å²) in [4.78, 5) is 0. The number of hydrogen-bond acceptors (Lipinski definition) is 4. The molecule has 36 heavy (non-hydrogen) atoms. The monoisotopic (exact) mass is 610 g/mol. The molecular weight excluding hydrogens is 587 g/mol. The van der Waals surface area contributed by atoms with E-state index in [1.807, 2.05) is 9.13 Å². The van der Waals surface area contributed by atoms with Gasteiger partial charge in [0.05, 0.1) is 0 Å². The molecule has 0 saturated carbocycles. The number of fused-ring (bicyclic) bond motifs is 2. The average molecular weight is 613 g/mol. The molecule has 0 spiro atoms. The van der Waals surface area contributed by atoms with Gasteiger partial charge < -0.3 is 24.8 Å². The summed E-state index contributed by atoms with van der Waals surface area (Å²) in [5.74, 6) is 0. The molecule has 0 atom stereocenters. The molecule has 0 bridgehead atoms. The summed E-state index contributed by atoms with van der Waals surface area (Å²) in [7, 11) is 0. The van der Waals surface area contributed by atoms with E-state index in [-0.39, 0.29) is 30.2 Å². The van der Waals surface area contributed by atoms with Crippen molar-refractivity contribution in [2.24, 2.45) is 0 Å². The SMILES string of the molecule is C[Si](C)=[Zr+2].Cc1cc2ccc(-n3cnnc3)cc2[cH-]1.Cc1cc2ccc(-n3cnnc3)cc2[cH-]1.[Cl-].[Cl-]. The van der Waals surface area contributed by atoms with Gasteiger partial charge in [-0.15, -0.1) is 89.5 Å². The smallest absolute Gasteiger partial charge is 0.123 e. The molecule has 4 aromatic carbocycles. The van der Waals surface area contributed by atoms with E-state index < -0.39 is 0 Å². The Bertz CT molecular complexity index is 1410. The summed E-state index contributed by atoms with van der Waals surface area (Å²) in [5.41, 5.74) is 5.00. The second kappa shape index (κ2) is 13.8. The number of rotatable bonds is 2. The van der Waals surface area contributed by atoms with Gasteiger partial charge in [0.2, 0.25) is 0 Å². The third kappa shape index (κ3) is 7.81. The molecule has 6 aromatic rings. The number of benzene rings is 2. The molecule has 0 N–H and O–H groups in total. The van der Waals surface area contributed by atoms with E-state index in [2.05, 4.69) is 108 Å². The number of halogens is 2. The predicted octanol–water partition coefficient (Wildman–Crippen LogP) is -0.312. The molecule has 0 aliphatic carbocycles. The molecule has 2 heterocycles. The molecule has 2 aromatic heterocycles. The van der Waals surface area contributed by atoms with Gasteiger partial charge >= 0.3 is 41.9 Å². The molecular formula is C26H26Cl2N6SiZr-2. The fourth-order valence-corrected chi connectivity index (χ4v) is 3.69. The summed E-state index contributed by atoms with van der Waals surface area (Å²) in [5, 5.41) is 20.3. The molecule has 10 heteroatoms. The summed E-state index contributed by atoms with van der Waals surface area (Å²) >= 11 is 1.74. The Hall–Kier alpha value is -2.38. The minimum absolute atomic E-state index is 0. The van der Waals surface area contributed by atoms with Gasteiger partial charge in [-0.3, -0.25) is 9.13 Å². The second-order valence-electron chi connectivity index (χ2n) is 8.43. The minimum atomic E-state index is 0. The Morgan fingerprint density at radius 2 is 0.972 bits per heavy atom. The van der Waals surface area contributed by atoms with Gasteiger partial charge in [-0.25, -0.2) is 0 Å². The Kier molecular flexibility index (Phi) is 11.4. The van der Waals surface area contributed by atoms with Gasteiger partial charge in [-0.05, 0) is 0 Å². The fourth-order valence-electron chi connectivity index (χ4n) is 3.69. The van der Waals surface area contributed by atoms with Crippen LogP contribution in [0.4, 0.5) is 0 Å². The van der Waals surface area contributed by atoms with Crippen molar-refractivity contribution in [2.75, 3.05) is 0 Å². The van der Waals surface area contributed by atoms with Crippen LogP contribution in [0.5, 0.6) is 0 Å². The van der Waals surface area contributed by atoms with Crippen molar-refractivity contribution >= 4 is 27.0 Å². The number of hydrogen-bond donors (Lipinski definition) is 0. The topological polar surface area (TPSA) is 61.4 Å². The van der Waals surface area contributed by atoms with Crippen molar-refractivity contribution in [2.45, 2.75) is 26.9 Å². The van der Waals surface area contributed by atoms with E-state index in [0.29, 0.717) is 0 Å². The first-order valence-corrected chi connectivity index (χ1v) is 17.1. The first-order chi connectivity index (χ1) is 16.4. The van der Waals surface area contributed by atoms with E-state index in [9.17, 15) is 0 Å². The molecule has 0 saturated heterocycles. The zero-order valence-electron chi connectivity index (χ0n) is 20.5. The molecule has 0 radical (unpaired) electrons. The van der Waals surface area contributed by atoms with Crippen LogP contribution < -0.4 is 24.8 Å². The number of aryl methyl sites for hydroxylation is 2. The summed E-state index contributed by atoms with van der Waals surface area (Å²) < 4.78 is 3.81. The Labute approximate surface area is 238 Å². The first-order valence-electron chi connectivity index (χ1n) is 10.9. The van der Waals surface area contributed by atoms with Crippen molar-refractivity contribution in [1.29, 1.82) is 0 Å². The van der Waals surface area contributed by atoms with Gasteiger partial charge in [0, 0.05) is 11.4 Å². The average Bonchev–Trinajstić information content (AvgIpc) is 3.58. The summed E-state index contributed by atoms with van der Waals surface area (Å²) in [6.45, 7) is 8.84. The van der Waals surface area contributed by atoms with Crippen LogP contribution in [0.15, 0.2) is 86.0 Å². The van der Waals surface area contributed by atoms with Crippen molar-refractivity contribution in [1.82, 2.24) is 29.5 Å². The molecule has 0 unspecified atom stereocenters. The van der Waals surface area contributed by atoms with Gasteiger partial charge in [-0.2, -0.15) is 12.1 Å². The van der Waals surface area contributed by atoms with Crippen LogP contribution in [0.1, 0.15) is 11.1 Å². The largest absolute Gasteiger partial charge is 1.00 e. The summed E-state index contributed by atoms with van der Waals surface area (Å²) in [6, 6.07) is 21.4. The van der Waals surface area contributed by atoms with E-state index in [4.69, 9.17) is 0 Å². The maximum absolute atomic E-state index is 3.80. The van der Waals surface area contributed by atoms with E-state index in [0.717, 1.165) is 11.4 Å². The summed E-state index contributed by atoms with van der Waals surface area (Å²) in [6.07, 6.45) is 6.82. The normalized spacial score (nSPS) is 9.94. The zero-order chi connectivity index (χ0) is 24.1. The van der Waals surface area contributed by atoms with Crippen molar-refractivity contribution in [3.8, 4) is 11.4 Å². The fraction of sp³-hybridized carbons (Fsp3) is 0.154. The Morgan fingerprint density at radius 1 is 0.639 bits per heavy atom. The van der Waals surface area contributed by atoms with Crippen molar-refractivity contribution in [3.05, 3.63) is 97.1 Å². The van der Waals surface area contributed by atoms with E-state index in [1.54, 1.807) is 48.6 Å². The molecule has 184 valence electrons. The van der Waals surface area contributed by atoms with Crippen molar-refractivity contribution in [3.63, 3.8) is 0 Å². The molecule has 0 aliphatic rings. The Morgan fingerprint density at radius 3 is 1.31 bits per heavy atom. The maximum Gasteiger partial charge on any atom is 0.123 e. The third-order valence-electron chi connectivity index (χ3n) is 5.11. The van der Waals surface area contributed by atoms with Crippen LogP contribution in [0.3, 0.4) is 0 Å². The standard InChI is InChI=1S/2C12H10N3.C2H6Si.2ClH.Zr/c2*1-9-4-10-2-3-12(6-11(10)5-9)15-7-13-14-8-15;1-3-2;;;/h2*2-8H,1H3;1-2H3;2*1H;/q2*-1;;;;+2/p-2.